The second kappa shape index (κ2) is 6.61. The first-order valence-electron chi connectivity index (χ1n) is 8.72. The maximum Gasteiger partial charge on any atom is 0.254 e. The Labute approximate surface area is 155 Å². The molecule has 3 aromatic rings. The van der Waals surface area contributed by atoms with E-state index in [1.54, 1.807) is 33.8 Å². The van der Waals surface area contributed by atoms with Crippen molar-refractivity contribution in [3.63, 3.8) is 0 Å². The van der Waals surface area contributed by atoms with Gasteiger partial charge in [-0.05, 0) is 25.1 Å². The van der Waals surface area contributed by atoms with E-state index < -0.39 is 11.6 Å². The molecule has 1 amide bonds. The van der Waals surface area contributed by atoms with Crippen LogP contribution >= 0.6 is 0 Å². The van der Waals surface area contributed by atoms with Crippen LogP contribution < -0.4 is 4.90 Å². The molecular weight excluding hydrogens is 352 g/mol. The van der Waals surface area contributed by atoms with Crippen molar-refractivity contribution >= 4 is 22.6 Å². The van der Waals surface area contributed by atoms with Crippen LogP contribution in [0.15, 0.2) is 30.5 Å². The van der Waals surface area contributed by atoms with E-state index in [1.165, 1.54) is 6.07 Å². The molecule has 8 heteroatoms. The lowest BCUT2D eigenvalue weighted by Gasteiger charge is -2.36. The molecular formula is C19H19F2N5O. The lowest BCUT2D eigenvalue weighted by atomic mass is 10.1. The van der Waals surface area contributed by atoms with Crippen LogP contribution in [0.4, 0.5) is 14.5 Å². The summed E-state index contributed by atoms with van der Waals surface area (Å²) in [4.78, 5) is 21.0. The Kier molecular flexibility index (Phi) is 4.25. The molecule has 1 aliphatic heterocycles. The van der Waals surface area contributed by atoms with Gasteiger partial charge in [0.2, 0.25) is 0 Å². The van der Waals surface area contributed by atoms with Crippen LogP contribution in [0.2, 0.25) is 0 Å². The number of piperazine rings is 1. The van der Waals surface area contributed by atoms with E-state index in [0.29, 0.717) is 42.8 Å². The summed E-state index contributed by atoms with van der Waals surface area (Å²) in [7, 11) is 1.79. The van der Waals surface area contributed by atoms with Crippen molar-refractivity contribution in [3.05, 3.63) is 53.4 Å². The fourth-order valence-corrected chi connectivity index (χ4v) is 3.47. The molecule has 1 aromatic carbocycles. The normalized spacial score (nSPS) is 14.8. The summed E-state index contributed by atoms with van der Waals surface area (Å²) in [6.45, 7) is 3.57. The van der Waals surface area contributed by atoms with Crippen molar-refractivity contribution in [1.82, 2.24) is 19.7 Å². The number of anilines is 1. The maximum atomic E-state index is 14.0. The molecule has 0 radical (unpaired) electrons. The van der Waals surface area contributed by atoms with Crippen LogP contribution in [0.3, 0.4) is 0 Å². The Bertz CT molecular complexity index is 1020. The van der Waals surface area contributed by atoms with Crippen molar-refractivity contribution in [2.45, 2.75) is 6.92 Å². The number of hydrogen-bond acceptors (Lipinski definition) is 4. The molecule has 0 aliphatic carbocycles. The van der Waals surface area contributed by atoms with Gasteiger partial charge in [-0.3, -0.25) is 9.48 Å². The Balaban J connectivity index is 1.55. The molecule has 0 bridgehead atoms. The third-order valence-corrected chi connectivity index (χ3v) is 4.88. The summed E-state index contributed by atoms with van der Waals surface area (Å²) in [5.74, 6) is -1.04. The van der Waals surface area contributed by atoms with Crippen LogP contribution in [0.25, 0.3) is 11.0 Å². The number of carbonyl (C=O) groups is 1. The summed E-state index contributed by atoms with van der Waals surface area (Å²) in [6, 6.07) is 5.19. The zero-order valence-electron chi connectivity index (χ0n) is 15.1. The van der Waals surface area contributed by atoms with E-state index in [4.69, 9.17) is 0 Å². The molecule has 0 atom stereocenters. The predicted octanol–water partition coefficient (Wildman–Crippen LogP) is 2.52. The molecule has 6 nitrogen and oxygen atoms in total. The Hall–Kier alpha value is -3.03. The van der Waals surface area contributed by atoms with Gasteiger partial charge in [-0.1, -0.05) is 0 Å². The molecule has 1 aliphatic rings. The molecule has 27 heavy (non-hydrogen) atoms. The van der Waals surface area contributed by atoms with Gasteiger partial charge in [0, 0.05) is 45.0 Å². The minimum absolute atomic E-state index is 0.0992. The van der Waals surface area contributed by atoms with Gasteiger partial charge < -0.3 is 9.80 Å². The van der Waals surface area contributed by atoms with Crippen molar-refractivity contribution in [2.24, 2.45) is 7.05 Å². The number of aromatic nitrogens is 3. The SMILES string of the molecule is Cc1cc(C(=O)N2CCN(c3cc(F)ccc3F)CC2)c2cnn(C)c2n1. The summed E-state index contributed by atoms with van der Waals surface area (Å²) < 4.78 is 29.1. The number of fused-ring (bicyclic) bond motifs is 1. The monoisotopic (exact) mass is 371 g/mol. The fraction of sp³-hybridized carbons (Fsp3) is 0.316. The highest BCUT2D eigenvalue weighted by Gasteiger charge is 2.26. The zero-order chi connectivity index (χ0) is 19.1. The summed E-state index contributed by atoms with van der Waals surface area (Å²) in [6.07, 6.45) is 1.65. The second-order valence-corrected chi connectivity index (χ2v) is 6.69. The van der Waals surface area contributed by atoms with Crippen molar-refractivity contribution in [2.75, 3.05) is 31.1 Å². The van der Waals surface area contributed by atoms with Crippen LogP contribution in [-0.2, 0) is 7.05 Å². The van der Waals surface area contributed by atoms with Crippen LogP contribution in [0.1, 0.15) is 16.1 Å². The molecule has 4 rings (SSSR count). The van der Waals surface area contributed by atoms with Crippen LogP contribution in [0.5, 0.6) is 0 Å². The number of benzene rings is 1. The quantitative estimate of drug-likeness (QED) is 0.695. The van der Waals surface area contributed by atoms with E-state index in [0.717, 1.165) is 17.8 Å². The molecule has 0 N–H and O–H groups in total. The first-order chi connectivity index (χ1) is 12.9. The van der Waals surface area contributed by atoms with Gasteiger partial charge >= 0.3 is 0 Å². The first kappa shape index (κ1) is 17.4. The summed E-state index contributed by atoms with van der Waals surface area (Å²) in [5.41, 5.74) is 2.21. The third-order valence-electron chi connectivity index (χ3n) is 4.88. The van der Waals surface area contributed by atoms with Gasteiger partial charge in [0.05, 0.1) is 22.8 Å². The Morgan fingerprint density at radius 3 is 2.59 bits per heavy atom. The number of amides is 1. The average molecular weight is 371 g/mol. The average Bonchev–Trinajstić information content (AvgIpc) is 3.03. The fourth-order valence-electron chi connectivity index (χ4n) is 3.47. The number of pyridine rings is 1. The number of nitrogens with zero attached hydrogens (tertiary/aromatic N) is 5. The highest BCUT2D eigenvalue weighted by Crippen LogP contribution is 2.24. The van der Waals surface area contributed by atoms with Crippen LogP contribution in [0, 0.1) is 18.6 Å². The topological polar surface area (TPSA) is 54.3 Å². The number of carbonyl (C=O) groups excluding carboxylic acids is 1. The minimum atomic E-state index is -0.476. The van der Waals surface area contributed by atoms with Gasteiger partial charge in [-0.25, -0.2) is 13.8 Å². The Morgan fingerprint density at radius 2 is 1.85 bits per heavy atom. The molecule has 0 saturated carbocycles. The number of rotatable bonds is 2. The summed E-state index contributed by atoms with van der Waals surface area (Å²) in [5, 5.41) is 4.91. The van der Waals surface area contributed by atoms with Crippen LogP contribution in [-0.4, -0.2) is 51.8 Å². The molecule has 2 aromatic heterocycles. The highest BCUT2D eigenvalue weighted by atomic mass is 19.1. The van der Waals surface area contributed by atoms with E-state index >= 15 is 0 Å². The number of aryl methyl sites for hydroxylation is 2. The smallest absolute Gasteiger partial charge is 0.254 e. The highest BCUT2D eigenvalue weighted by molar-refractivity contribution is 6.05. The van der Waals surface area contributed by atoms with Crippen molar-refractivity contribution in [1.29, 1.82) is 0 Å². The van der Waals surface area contributed by atoms with Gasteiger partial charge in [-0.15, -0.1) is 0 Å². The first-order valence-corrected chi connectivity index (χ1v) is 8.72. The van der Waals surface area contributed by atoms with E-state index in [1.807, 2.05) is 6.92 Å². The molecule has 3 heterocycles. The van der Waals surface area contributed by atoms with Gasteiger partial charge in [0.15, 0.2) is 5.65 Å². The lowest BCUT2D eigenvalue weighted by molar-refractivity contribution is 0.0748. The molecule has 140 valence electrons. The molecule has 0 unspecified atom stereocenters. The van der Waals surface area contributed by atoms with E-state index in [9.17, 15) is 13.6 Å². The van der Waals surface area contributed by atoms with Crippen molar-refractivity contribution in [3.8, 4) is 0 Å². The summed E-state index contributed by atoms with van der Waals surface area (Å²) >= 11 is 0. The zero-order valence-corrected chi connectivity index (χ0v) is 15.1. The van der Waals surface area contributed by atoms with Crippen molar-refractivity contribution < 1.29 is 13.6 Å². The van der Waals surface area contributed by atoms with Gasteiger partial charge in [0.1, 0.15) is 11.6 Å². The standard InChI is InChI=1S/C19H19F2N5O/c1-12-9-14(15-11-22-24(2)18(15)23-12)19(27)26-7-5-25(6-8-26)17-10-13(20)3-4-16(17)21/h3-4,9-11H,5-8H2,1-2H3. The lowest BCUT2D eigenvalue weighted by Crippen LogP contribution is -2.49. The molecule has 0 spiro atoms. The third kappa shape index (κ3) is 3.11. The molecule has 1 fully saturated rings. The Morgan fingerprint density at radius 1 is 1.11 bits per heavy atom. The van der Waals surface area contributed by atoms with Gasteiger partial charge in [0.25, 0.3) is 5.91 Å². The number of hydrogen-bond donors (Lipinski definition) is 0. The maximum absolute atomic E-state index is 14.0. The predicted molar refractivity (Wildman–Crippen MR) is 97.7 cm³/mol. The van der Waals surface area contributed by atoms with E-state index in [-0.39, 0.29) is 11.6 Å². The minimum Gasteiger partial charge on any atom is -0.366 e. The number of halogens is 2. The van der Waals surface area contributed by atoms with Gasteiger partial charge in [-0.2, -0.15) is 5.10 Å². The second-order valence-electron chi connectivity index (χ2n) is 6.69. The molecule has 1 saturated heterocycles. The largest absolute Gasteiger partial charge is 0.366 e. The van der Waals surface area contributed by atoms with E-state index in [2.05, 4.69) is 10.1 Å².